The van der Waals surface area contributed by atoms with Crippen LogP contribution in [-0.4, -0.2) is 67.3 Å². The number of benzene rings is 1. The molecule has 220 valence electrons. The quantitative estimate of drug-likeness (QED) is 0.234. The van der Waals surface area contributed by atoms with Gasteiger partial charge in [-0.25, -0.2) is 9.48 Å². The Bertz CT molecular complexity index is 1550. The van der Waals surface area contributed by atoms with Crippen LogP contribution < -0.4 is 5.32 Å². The molecule has 8 rings (SSSR count). The highest BCUT2D eigenvalue weighted by Crippen LogP contribution is 2.56. The fourth-order valence-corrected chi connectivity index (χ4v) is 7.88. The van der Waals surface area contributed by atoms with E-state index in [2.05, 4.69) is 27.0 Å². The summed E-state index contributed by atoms with van der Waals surface area (Å²) in [6.45, 7) is 5.27. The Labute approximate surface area is 247 Å². The van der Waals surface area contributed by atoms with Gasteiger partial charge in [0, 0.05) is 13.0 Å². The summed E-state index contributed by atoms with van der Waals surface area (Å²) in [6, 6.07) is 8.80. The van der Waals surface area contributed by atoms with Crippen molar-refractivity contribution in [3.05, 3.63) is 59.5 Å². The number of ether oxygens (including phenoxy) is 3. The van der Waals surface area contributed by atoms with E-state index in [1.807, 2.05) is 6.07 Å². The molecule has 3 aromatic rings. The lowest BCUT2D eigenvalue weighted by Crippen LogP contribution is -2.59. The van der Waals surface area contributed by atoms with Gasteiger partial charge in [0.25, 0.3) is 0 Å². The minimum atomic E-state index is -0.923. The summed E-state index contributed by atoms with van der Waals surface area (Å²) >= 11 is 6.43. The van der Waals surface area contributed by atoms with Crippen LogP contribution in [0.3, 0.4) is 0 Å². The van der Waals surface area contributed by atoms with E-state index >= 15 is 0 Å². The maximum Gasteiger partial charge on any atom is 0.338 e. The molecular formula is C30H32ClN5O6. The lowest BCUT2D eigenvalue weighted by Gasteiger charge is -2.58. The van der Waals surface area contributed by atoms with Gasteiger partial charge in [-0.2, -0.15) is 15.1 Å². The van der Waals surface area contributed by atoms with E-state index in [-0.39, 0.29) is 17.9 Å². The first-order valence-corrected chi connectivity index (χ1v) is 14.7. The Morgan fingerprint density at radius 2 is 1.93 bits per heavy atom. The first kappa shape index (κ1) is 27.3. The molecule has 5 aliphatic rings. The largest absolute Gasteiger partial charge is 0.459 e. The van der Waals surface area contributed by atoms with Crippen molar-refractivity contribution in [2.75, 3.05) is 11.9 Å². The summed E-state index contributed by atoms with van der Waals surface area (Å²) in [7, 11) is 0. The second kappa shape index (κ2) is 10.3. The second-order valence-corrected chi connectivity index (χ2v) is 12.5. The zero-order chi connectivity index (χ0) is 29.2. The van der Waals surface area contributed by atoms with E-state index in [4.69, 9.17) is 25.8 Å². The van der Waals surface area contributed by atoms with E-state index in [0.29, 0.717) is 45.7 Å². The number of anilines is 1. The van der Waals surface area contributed by atoms with Crippen molar-refractivity contribution in [2.24, 2.45) is 17.8 Å². The third kappa shape index (κ3) is 4.83. The number of hydrogen-bond donors (Lipinski definition) is 2. The molecule has 4 bridgehead atoms. The van der Waals surface area contributed by atoms with Crippen molar-refractivity contribution in [3.63, 3.8) is 0 Å². The summed E-state index contributed by atoms with van der Waals surface area (Å²) in [5.74, 6) is 0.828. The number of rotatable bonds is 7. The fourth-order valence-electron chi connectivity index (χ4n) is 7.72. The molecule has 8 atom stereocenters. The number of esters is 2. The SMILES string of the molecule is C=C1[C@@H](OC(C)=O)[C@H](n2ncc3c(NC4C5CC6C[C@@H]4CC(O)(C6)C5)nc(Cl)nc32)O[C@@H]1COC(=O)c1ccccc1. The molecule has 2 aromatic heterocycles. The molecule has 1 aromatic carbocycles. The number of fused-ring (bicyclic) bond motifs is 1. The van der Waals surface area contributed by atoms with E-state index in [1.54, 1.807) is 30.5 Å². The lowest BCUT2D eigenvalue weighted by molar-refractivity contribution is -0.151. The number of carbonyl (C=O) groups excluding carboxylic acids is 2. The molecule has 1 aliphatic heterocycles. The molecule has 0 radical (unpaired) electrons. The average molecular weight is 594 g/mol. The zero-order valence-corrected chi connectivity index (χ0v) is 23.9. The summed E-state index contributed by atoms with van der Waals surface area (Å²) in [6.07, 6.45) is 3.73. The molecule has 0 spiro atoms. The van der Waals surface area contributed by atoms with Crippen LogP contribution in [0.5, 0.6) is 0 Å². The van der Waals surface area contributed by atoms with Crippen LogP contribution in [0.4, 0.5) is 5.82 Å². The third-order valence-corrected chi connectivity index (χ3v) is 9.39. The highest BCUT2D eigenvalue weighted by Gasteiger charge is 2.55. The maximum atomic E-state index is 12.5. The molecule has 4 unspecified atom stereocenters. The van der Waals surface area contributed by atoms with Crippen LogP contribution in [0.1, 0.15) is 55.6 Å². The lowest BCUT2D eigenvalue weighted by atomic mass is 9.52. The van der Waals surface area contributed by atoms with E-state index < -0.39 is 36.0 Å². The van der Waals surface area contributed by atoms with Gasteiger partial charge in [0.05, 0.1) is 22.7 Å². The molecular weight excluding hydrogens is 562 g/mol. The predicted molar refractivity (Wildman–Crippen MR) is 152 cm³/mol. The summed E-state index contributed by atoms with van der Waals surface area (Å²) in [5.41, 5.74) is 0.700. The van der Waals surface area contributed by atoms with Crippen LogP contribution in [0.15, 0.2) is 48.7 Å². The second-order valence-electron chi connectivity index (χ2n) is 12.1. The van der Waals surface area contributed by atoms with Crippen LogP contribution in [0.2, 0.25) is 5.28 Å². The molecule has 4 saturated carbocycles. The zero-order valence-electron chi connectivity index (χ0n) is 23.1. The first-order valence-electron chi connectivity index (χ1n) is 14.3. The number of hydrogen-bond acceptors (Lipinski definition) is 10. The maximum absolute atomic E-state index is 12.5. The van der Waals surface area contributed by atoms with Crippen molar-refractivity contribution >= 4 is 40.4 Å². The number of carbonyl (C=O) groups is 2. The van der Waals surface area contributed by atoms with Crippen LogP contribution in [-0.2, 0) is 19.0 Å². The number of aromatic nitrogens is 4. The van der Waals surface area contributed by atoms with Gasteiger partial charge in [-0.1, -0.05) is 24.8 Å². The minimum Gasteiger partial charge on any atom is -0.459 e. The number of halogens is 1. The topological polar surface area (TPSA) is 138 Å². The van der Waals surface area contributed by atoms with Gasteiger partial charge in [-0.05, 0) is 79.2 Å². The Morgan fingerprint density at radius 1 is 1.19 bits per heavy atom. The van der Waals surface area contributed by atoms with E-state index in [0.717, 1.165) is 32.1 Å². The van der Waals surface area contributed by atoms with Crippen molar-refractivity contribution in [3.8, 4) is 0 Å². The summed E-state index contributed by atoms with van der Waals surface area (Å²) < 4.78 is 18.8. The highest BCUT2D eigenvalue weighted by molar-refractivity contribution is 6.28. The Kier molecular flexibility index (Phi) is 6.71. The van der Waals surface area contributed by atoms with Gasteiger partial charge in [0.15, 0.2) is 18.0 Å². The van der Waals surface area contributed by atoms with Crippen molar-refractivity contribution in [2.45, 2.75) is 69.1 Å². The molecule has 0 amide bonds. The number of aliphatic hydroxyl groups is 1. The van der Waals surface area contributed by atoms with Crippen LogP contribution in [0.25, 0.3) is 11.0 Å². The van der Waals surface area contributed by atoms with Crippen molar-refractivity contribution < 1.29 is 28.9 Å². The Hall–Kier alpha value is -3.54. The molecule has 42 heavy (non-hydrogen) atoms. The van der Waals surface area contributed by atoms with E-state index in [1.165, 1.54) is 11.6 Å². The van der Waals surface area contributed by atoms with Crippen LogP contribution >= 0.6 is 11.6 Å². The number of nitrogens with one attached hydrogen (secondary N) is 1. The molecule has 4 aliphatic carbocycles. The standard InChI is InChI=1S/C30H32ClN5O6/c1-15-22(14-40-28(38)18-6-4-3-5-7-18)42-27(24(15)41-16(2)37)36-26-21(13-32-36)25(34-29(31)35-26)33-23-19-8-17-9-20(23)12-30(39,10-17)11-19/h3-7,13,17,19-20,22-24,27,39H,1,8-12,14H2,2H3,(H,33,34,35)/t17?,19-,20?,22-,23?,24-,27-,30?/m1/s1. The third-order valence-electron chi connectivity index (χ3n) is 9.22. The number of nitrogens with zero attached hydrogens (tertiary/aromatic N) is 4. The molecule has 2 N–H and O–H groups in total. The molecule has 1 saturated heterocycles. The molecule has 5 fully saturated rings. The van der Waals surface area contributed by atoms with Crippen LogP contribution in [0, 0.1) is 17.8 Å². The average Bonchev–Trinajstić information content (AvgIpc) is 3.49. The van der Waals surface area contributed by atoms with Gasteiger partial charge in [0.2, 0.25) is 5.28 Å². The summed E-state index contributed by atoms with van der Waals surface area (Å²) in [4.78, 5) is 33.5. The predicted octanol–water partition coefficient (Wildman–Crippen LogP) is 4.07. The van der Waals surface area contributed by atoms with Gasteiger partial charge in [-0.3, -0.25) is 4.79 Å². The molecule has 11 nitrogen and oxygen atoms in total. The Balaban J connectivity index is 1.15. The van der Waals surface area contributed by atoms with E-state index in [9.17, 15) is 14.7 Å². The van der Waals surface area contributed by atoms with Crippen molar-refractivity contribution in [1.82, 2.24) is 19.7 Å². The molecule has 3 heterocycles. The highest BCUT2D eigenvalue weighted by atomic mass is 35.5. The van der Waals surface area contributed by atoms with Gasteiger partial charge < -0.3 is 24.6 Å². The smallest absolute Gasteiger partial charge is 0.338 e. The van der Waals surface area contributed by atoms with Crippen molar-refractivity contribution in [1.29, 1.82) is 0 Å². The first-order chi connectivity index (χ1) is 20.2. The fraction of sp³-hybridized carbons (Fsp3) is 0.500. The normalized spacial score (nSPS) is 33.2. The van der Waals surface area contributed by atoms with Gasteiger partial charge in [0.1, 0.15) is 18.5 Å². The molecule has 12 heteroatoms. The van der Waals surface area contributed by atoms with Gasteiger partial charge >= 0.3 is 11.9 Å². The Morgan fingerprint density at radius 3 is 2.62 bits per heavy atom. The summed E-state index contributed by atoms with van der Waals surface area (Å²) in [5, 5.41) is 19.9. The minimum absolute atomic E-state index is 0.0309. The van der Waals surface area contributed by atoms with Gasteiger partial charge in [-0.15, -0.1) is 0 Å². The monoisotopic (exact) mass is 593 g/mol.